The van der Waals surface area contributed by atoms with Crippen LogP contribution in [0.25, 0.3) is 0 Å². The Morgan fingerprint density at radius 2 is 1.37 bits per heavy atom. The lowest BCUT2D eigenvalue weighted by molar-refractivity contribution is -0.121. The molecule has 2 N–H and O–H groups in total. The summed E-state index contributed by atoms with van der Waals surface area (Å²) in [6.45, 7) is 2.20. The molecule has 5 rings (SSSR count). The van der Waals surface area contributed by atoms with Crippen molar-refractivity contribution in [2.75, 3.05) is 10.6 Å². The molecule has 0 saturated carbocycles. The Morgan fingerprint density at radius 1 is 0.763 bits per heavy atom. The van der Waals surface area contributed by atoms with Gasteiger partial charge in [0.2, 0.25) is 0 Å². The highest BCUT2D eigenvalue weighted by Crippen LogP contribution is 2.35. The van der Waals surface area contributed by atoms with Gasteiger partial charge in [-0.3, -0.25) is 14.5 Å². The second-order valence-corrected chi connectivity index (χ2v) is 9.10. The summed E-state index contributed by atoms with van der Waals surface area (Å²) in [6.07, 6.45) is -1.39. The lowest BCUT2D eigenvalue weighted by atomic mass is 9.99. The number of aryl methyl sites for hydroxylation is 1. The SMILES string of the molecule is Cc1ccccc1CN1C(=O)O[C@H](c2ccc(NC(=O)c3ccccc3)cc2)[C@H]1C(=O)Nc1ccccc1. The maximum atomic E-state index is 13.6. The van der Waals surface area contributed by atoms with Crippen molar-refractivity contribution in [1.82, 2.24) is 4.90 Å². The van der Waals surface area contributed by atoms with E-state index in [1.165, 1.54) is 4.90 Å². The van der Waals surface area contributed by atoms with Crippen molar-refractivity contribution >= 4 is 29.3 Å². The first-order chi connectivity index (χ1) is 18.5. The van der Waals surface area contributed by atoms with E-state index < -0.39 is 18.2 Å². The zero-order chi connectivity index (χ0) is 26.5. The summed E-state index contributed by atoms with van der Waals surface area (Å²) in [7, 11) is 0. The highest BCUT2D eigenvalue weighted by atomic mass is 16.6. The number of nitrogens with one attached hydrogen (secondary N) is 2. The molecule has 1 aliphatic rings. The van der Waals surface area contributed by atoms with Crippen molar-refractivity contribution in [3.63, 3.8) is 0 Å². The van der Waals surface area contributed by atoms with Gasteiger partial charge in [0.15, 0.2) is 12.1 Å². The minimum absolute atomic E-state index is 0.227. The van der Waals surface area contributed by atoms with E-state index in [0.29, 0.717) is 22.5 Å². The second kappa shape index (κ2) is 11.0. The second-order valence-electron chi connectivity index (χ2n) is 9.10. The van der Waals surface area contributed by atoms with E-state index >= 15 is 0 Å². The van der Waals surface area contributed by atoms with Crippen molar-refractivity contribution in [1.29, 1.82) is 0 Å². The molecule has 4 aromatic carbocycles. The Hall–Kier alpha value is -4.91. The molecule has 38 heavy (non-hydrogen) atoms. The number of amides is 3. The van der Waals surface area contributed by atoms with Crippen LogP contribution in [0, 0.1) is 6.92 Å². The van der Waals surface area contributed by atoms with E-state index in [9.17, 15) is 14.4 Å². The van der Waals surface area contributed by atoms with E-state index in [0.717, 1.165) is 11.1 Å². The van der Waals surface area contributed by atoms with Crippen LogP contribution in [-0.2, 0) is 16.1 Å². The van der Waals surface area contributed by atoms with Crippen molar-refractivity contribution in [2.24, 2.45) is 0 Å². The number of carbonyl (C=O) groups is 3. The lowest BCUT2D eigenvalue weighted by Gasteiger charge is -2.25. The predicted octanol–water partition coefficient (Wildman–Crippen LogP) is 5.95. The summed E-state index contributed by atoms with van der Waals surface area (Å²) in [6, 6.07) is 31.9. The van der Waals surface area contributed by atoms with Crippen LogP contribution in [-0.4, -0.2) is 28.8 Å². The fourth-order valence-corrected chi connectivity index (χ4v) is 4.47. The molecule has 0 aliphatic carbocycles. The van der Waals surface area contributed by atoms with Crippen LogP contribution in [0.2, 0.25) is 0 Å². The van der Waals surface area contributed by atoms with Crippen LogP contribution in [0.5, 0.6) is 0 Å². The molecule has 0 aromatic heterocycles. The molecule has 1 saturated heterocycles. The molecule has 0 radical (unpaired) electrons. The summed E-state index contributed by atoms with van der Waals surface area (Å²) in [5.41, 5.74) is 4.37. The number of hydrogen-bond acceptors (Lipinski definition) is 4. The smallest absolute Gasteiger partial charge is 0.411 e. The third-order valence-corrected chi connectivity index (χ3v) is 6.53. The molecule has 0 bridgehead atoms. The molecular weight excluding hydrogens is 478 g/mol. The molecule has 1 heterocycles. The predicted molar refractivity (Wildman–Crippen MR) is 146 cm³/mol. The molecule has 1 fully saturated rings. The number of cyclic esters (lactones) is 1. The van der Waals surface area contributed by atoms with Gasteiger partial charge in [-0.05, 0) is 60.0 Å². The fraction of sp³-hybridized carbons (Fsp3) is 0.129. The number of para-hydroxylation sites is 1. The maximum Gasteiger partial charge on any atom is 0.411 e. The number of hydrogen-bond donors (Lipinski definition) is 2. The monoisotopic (exact) mass is 505 g/mol. The summed E-state index contributed by atoms with van der Waals surface area (Å²) in [4.78, 5) is 40.6. The lowest BCUT2D eigenvalue weighted by Crippen LogP contribution is -2.43. The molecule has 4 aromatic rings. The number of ether oxygens (including phenoxy) is 1. The Kier molecular flexibility index (Phi) is 7.17. The Bertz CT molecular complexity index is 1440. The minimum Gasteiger partial charge on any atom is -0.438 e. The summed E-state index contributed by atoms with van der Waals surface area (Å²) >= 11 is 0. The van der Waals surface area contributed by atoms with Crippen LogP contribution in [0.3, 0.4) is 0 Å². The van der Waals surface area contributed by atoms with E-state index in [1.54, 1.807) is 60.7 Å². The van der Waals surface area contributed by atoms with Crippen LogP contribution in [0.15, 0.2) is 109 Å². The number of benzene rings is 4. The summed E-state index contributed by atoms with van der Waals surface area (Å²) in [5.74, 6) is -0.572. The molecule has 7 nitrogen and oxygen atoms in total. The quantitative estimate of drug-likeness (QED) is 0.325. The fourth-order valence-electron chi connectivity index (χ4n) is 4.47. The Morgan fingerprint density at radius 3 is 2.05 bits per heavy atom. The van der Waals surface area contributed by atoms with Crippen LogP contribution in [0.4, 0.5) is 16.2 Å². The van der Waals surface area contributed by atoms with E-state index in [-0.39, 0.29) is 18.4 Å². The average Bonchev–Trinajstić information content (AvgIpc) is 3.27. The number of anilines is 2. The molecule has 1 aliphatic heterocycles. The van der Waals surface area contributed by atoms with Crippen LogP contribution in [0.1, 0.15) is 33.2 Å². The van der Waals surface area contributed by atoms with Gasteiger partial charge >= 0.3 is 6.09 Å². The van der Waals surface area contributed by atoms with Gasteiger partial charge < -0.3 is 15.4 Å². The minimum atomic E-state index is -0.896. The molecule has 7 heteroatoms. The normalized spacial score (nSPS) is 16.6. The van der Waals surface area contributed by atoms with Gasteiger partial charge in [0, 0.05) is 16.9 Å². The van der Waals surface area contributed by atoms with Crippen molar-refractivity contribution < 1.29 is 19.1 Å². The number of carbonyl (C=O) groups excluding carboxylic acids is 3. The number of rotatable bonds is 7. The molecule has 3 amide bonds. The topological polar surface area (TPSA) is 87.7 Å². The first kappa shape index (κ1) is 24.8. The highest BCUT2D eigenvalue weighted by Gasteiger charge is 2.47. The molecule has 2 atom stereocenters. The third-order valence-electron chi connectivity index (χ3n) is 6.53. The van der Waals surface area contributed by atoms with Crippen molar-refractivity contribution in [3.05, 3.63) is 131 Å². The van der Waals surface area contributed by atoms with E-state index in [1.807, 2.05) is 55.5 Å². The first-order valence-electron chi connectivity index (χ1n) is 12.3. The Labute approximate surface area is 221 Å². The van der Waals surface area contributed by atoms with E-state index in [2.05, 4.69) is 10.6 Å². The summed E-state index contributed by atoms with van der Waals surface area (Å²) in [5, 5.41) is 5.78. The van der Waals surface area contributed by atoms with Crippen LogP contribution >= 0.6 is 0 Å². The molecule has 0 spiro atoms. The molecule has 0 unspecified atom stereocenters. The zero-order valence-corrected chi connectivity index (χ0v) is 20.8. The van der Waals surface area contributed by atoms with E-state index in [4.69, 9.17) is 4.74 Å². The van der Waals surface area contributed by atoms with Gasteiger partial charge in [-0.15, -0.1) is 0 Å². The van der Waals surface area contributed by atoms with Gasteiger partial charge in [-0.25, -0.2) is 4.79 Å². The van der Waals surface area contributed by atoms with Gasteiger partial charge in [0.05, 0.1) is 6.54 Å². The van der Waals surface area contributed by atoms with Gasteiger partial charge in [-0.2, -0.15) is 0 Å². The van der Waals surface area contributed by atoms with Crippen LogP contribution < -0.4 is 10.6 Å². The van der Waals surface area contributed by atoms with Gasteiger partial charge in [0.1, 0.15) is 0 Å². The molecule has 190 valence electrons. The first-order valence-corrected chi connectivity index (χ1v) is 12.3. The van der Waals surface area contributed by atoms with Crippen molar-refractivity contribution in [2.45, 2.75) is 25.6 Å². The maximum absolute atomic E-state index is 13.6. The van der Waals surface area contributed by atoms with Gasteiger partial charge in [-0.1, -0.05) is 72.8 Å². The van der Waals surface area contributed by atoms with Crippen molar-refractivity contribution in [3.8, 4) is 0 Å². The third kappa shape index (κ3) is 5.42. The zero-order valence-electron chi connectivity index (χ0n) is 20.8. The van der Waals surface area contributed by atoms with Gasteiger partial charge in [0.25, 0.3) is 11.8 Å². The Balaban J connectivity index is 1.40. The standard InChI is InChI=1S/C31H27N3O4/c1-21-10-8-9-13-24(21)20-34-27(30(36)33-25-14-6-3-7-15-25)28(38-31(34)37)22-16-18-26(19-17-22)32-29(35)23-11-4-2-5-12-23/h2-19,27-28H,20H2,1H3,(H,32,35)(H,33,36)/t27-,28+/m0/s1. The number of nitrogens with zero attached hydrogens (tertiary/aromatic N) is 1. The summed E-state index contributed by atoms with van der Waals surface area (Å²) < 4.78 is 5.77. The highest BCUT2D eigenvalue weighted by molar-refractivity contribution is 6.04. The average molecular weight is 506 g/mol. The largest absolute Gasteiger partial charge is 0.438 e. The molecular formula is C31H27N3O4.